The van der Waals surface area contributed by atoms with Gasteiger partial charge in [0.05, 0.1) is 19.3 Å². The van der Waals surface area contributed by atoms with Crippen LogP contribution in [-0.4, -0.2) is 32.9 Å². The van der Waals surface area contributed by atoms with E-state index in [1.807, 2.05) is 0 Å². The van der Waals surface area contributed by atoms with E-state index < -0.39 is 0 Å². The Morgan fingerprint density at radius 3 is 2.53 bits per heavy atom. The third-order valence-electron chi connectivity index (χ3n) is 3.64. The van der Waals surface area contributed by atoms with Crippen molar-refractivity contribution >= 4 is 0 Å². The predicted molar refractivity (Wildman–Crippen MR) is 66.2 cm³/mol. The van der Waals surface area contributed by atoms with E-state index in [0.29, 0.717) is 5.92 Å². The third kappa shape index (κ3) is 2.51. The first-order valence-corrected chi connectivity index (χ1v) is 6.43. The van der Waals surface area contributed by atoms with E-state index in [2.05, 4.69) is 29.6 Å². The van der Waals surface area contributed by atoms with E-state index in [-0.39, 0.29) is 6.10 Å². The van der Waals surface area contributed by atoms with Crippen molar-refractivity contribution in [3.63, 3.8) is 0 Å². The van der Waals surface area contributed by atoms with E-state index in [0.717, 1.165) is 39.3 Å². The van der Waals surface area contributed by atoms with Gasteiger partial charge in [-0.05, 0) is 17.5 Å². The normalized spacial score (nSPS) is 29.4. The summed E-state index contributed by atoms with van der Waals surface area (Å²) in [5, 5.41) is 3.36. The maximum absolute atomic E-state index is 5.74. The van der Waals surface area contributed by atoms with Gasteiger partial charge in [-0.3, -0.25) is 0 Å². The van der Waals surface area contributed by atoms with Crippen molar-refractivity contribution in [1.82, 2.24) is 5.32 Å². The second kappa shape index (κ2) is 5.17. The molecular weight excluding hydrogens is 214 g/mol. The number of hydrogen-bond acceptors (Lipinski definition) is 3. The lowest BCUT2D eigenvalue weighted by atomic mass is 9.96. The van der Waals surface area contributed by atoms with Gasteiger partial charge in [0.1, 0.15) is 0 Å². The monoisotopic (exact) mass is 233 g/mol. The first kappa shape index (κ1) is 11.2. The lowest BCUT2D eigenvalue weighted by Gasteiger charge is -2.24. The van der Waals surface area contributed by atoms with E-state index in [9.17, 15) is 0 Å². The molecule has 2 saturated heterocycles. The summed E-state index contributed by atoms with van der Waals surface area (Å²) in [6, 6.07) is 8.86. The highest BCUT2D eigenvalue weighted by atomic mass is 16.5. The molecule has 2 heterocycles. The molecule has 17 heavy (non-hydrogen) atoms. The fourth-order valence-corrected chi connectivity index (χ4v) is 2.56. The quantitative estimate of drug-likeness (QED) is 0.845. The molecule has 0 saturated carbocycles. The molecule has 2 fully saturated rings. The second-order valence-corrected chi connectivity index (χ2v) is 4.79. The van der Waals surface area contributed by atoms with Crippen LogP contribution in [0, 0.1) is 0 Å². The second-order valence-electron chi connectivity index (χ2n) is 4.79. The molecule has 3 nitrogen and oxygen atoms in total. The highest BCUT2D eigenvalue weighted by Gasteiger charge is 2.19. The Morgan fingerprint density at radius 1 is 1.06 bits per heavy atom. The SMILES string of the molecule is c1cc(C2CNCCO2)ccc1C1CCOC1. The molecule has 1 aromatic rings. The Kier molecular flexibility index (Phi) is 3.41. The van der Waals surface area contributed by atoms with Crippen molar-refractivity contribution in [3.8, 4) is 0 Å². The van der Waals surface area contributed by atoms with Crippen molar-refractivity contribution in [3.05, 3.63) is 35.4 Å². The van der Waals surface area contributed by atoms with E-state index in [4.69, 9.17) is 9.47 Å². The molecule has 3 heteroatoms. The number of hydrogen-bond donors (Lipinski definition) is 1. The zero-order valence-corrected chi connectivity index (χ0v) is 10.0. The largest absolute Gasteiger partial charge is 0.381 e. The van der Waals surface area contributed by atoms with Crippen LogP contribution in [0.4, 0.5) is 0 Å². The van der Waals surface area contributed by atoms with Gasteiger partial charge < -0.3 is 14.8 Å². The summed E-state index contributed by atoms with van der Waals surface area (Å²) in [4.78, 5) is 0. The van der Waals surface area contributed by atoms with Gasteiger partial charge in [0.2, 0.25) is 0 Å². The van der Waals surface area contributed by atoms with Crippen LogP contribution < -0.4 is 5.32 Å². The van der Waals surface area contributed by atoms with E-state index in [1.165, 1.54) is 11.1 Å². The molecular formula is C14H19NO2. The van der Waals surface area contributed by atoms with Crippen LogP contribution in [-0.2, 0) is 9.47 Å². The zero-order valence-electron chi connectivity index (χ0n) is 10.0. The fraction of sp³-hybridized carbons (Fsp3) is 0.571. The lowest BCUT2D eigenvalue weighted by molar-refractivity contribution is 0.0277. The minimum atomic E-state index is 0.220. The van der Waals surface area contributed by atoms with Gasteiger partial charge in [-0.2, -0.15) is 0 Å². The molecule has 0 amide bonds. The molecule has 2 unspecified atom stereocenters. The molecule has 3 rings (SSSR count). The number of rotatable bonds is 2. The zero-order chi connectivity index (χ0) is 11.5. The highest BCUT2D eigenvalue weighted by Crippen LogP contribution is 2.27. The van der Waals surface area contributed by atoms with Crippen LogP contribution in [0.2, 0.25) is 0 Å². The first-order valence-electron chi connectivity index (χ1n) is 6.43. The number of morpholine rings is 1. The smallest absolute Gasteiger partial charge is 0.0949 e. The molecule has 2 aliphatic heterocycles. The molecule has 0 aliphatic carbocycles. The van der Waals surface area contributed by atoms with Gasteiger partial charge in [0.15, 0.2) is 0 Å². The van der Waals surface area contributed by atoms with Gasteiger partial charge in [-0.25, -0.2) is 0 Å². The van der Waals surface area contributed by atoms with Crippen molar-refractivity contribution in [2.75, 3.05) is 32.9 Å². The fourth-order valence-electron chi connectivity index (χ4n) is 2.56. The average molecular weight is 233 g/mol. The molecule has 0 bridgehead atoms. The van der Waals surface area contributed by atoms with Crippen molar-refractivity contribution in [2.24, 2.45) is 0 Å². The molecule has 0 radical (unpaired) electrons. The Hall–Kier alpha value is -0.900. The van der Waals surface area contributed by atoms with E-state index in [1.54, 1.807) is 0 Å². The van der Waals surface area contributed by atoms with Crippen LogP contribution in [0.25, 0.3) is 0 Å². The standard InChI is InChI=1S/C14H19NO2/c1-3-12(14-9-15-6-8-17-14)4-2-11(1)13-5-7-16-10-13/h1-4,13-15H,5-10H2. The molecule has 0 spiro atoms. The predicted octanol–water partition coefficient (Wildman–Crippen LogP) is 1.85. The summed E-state index contributed by atoms with van der Waals surface area (Å²) >= 11 is 0. The summed E-state index contributed by atoms with van der Waals surface area (Å²) in [6.45, 7) is 4.48. The van der Waals surface area contributed by atoms with Crippen LogP contribution in [0.1, 0.15) is 29.6 Å². The highest BCUT2D eigenvalue weighted by molar-refractivity contribution is 5.27. The Bertz CT molecular complexity index is 351. The third-order valence-corrected chi connectivity index (χ3v) is 3.64. The van der Waals surface area contributed by atoms with Gasteiger partial charge in [-0.15, -0.1) is 0 Å². The number of ether oxygens (including phenoxy) is 2. The maximum Gasteiger partial charge on any atom is 0.0949 e. The molecule has 1 N–H and O–H groups in total. The Morgan fingerprint density at radius 2 is 1.88 bits per heavy atom. The van der Waals surface area contributed by atoms with Crippen molar-refractivity contribution in [1.29, 1.82) is 0 Å². The molecule has 1 aromatic carbocycles. The van der Waals surface area contributed by atoms with E-state index >= 15 is 0 Å². The summed E-state index contributed by atoms with van der Waals surface area (Å²) in [5.41, 5.74) is 2.68. The molecule has 2 atom stereocenters. The van der Waals surface area contributed by atoms with Crippen LogP contribution in [0.3, 0.4) is 0 Å². The number of nitrogens with one attached hydrogen (secondary N) is 1. The topological polar surface area (TPSA) is 30.5 Å². The van der Waals surface area contributed by atoms with Gasteiger partial charge >= 0.3 is 0 Å². The van der Waals surface area contributed by atoms with Gasteiger partial charge in [-0.1, -0.05) is 24.3 Å². The minimum Gasteiger partial charge on any atom is -0.381 e. The van der Waals surface area contributed by atoms with Crippen LogP contribution in [0.15, 0.2) is 24.3 Å². The van der Waals surface area contributed by atoms with Gasteiger partial charge in [0.25, 0.3) is 0 Å². The lowest BCUT2D eigenvalue weighted by Crippen LogP contribution is -2.33. The Balaban J connectivity index is 1.70. The van der Waals surface area contributed by atoms with Crippen LogP contribution in [0.5, 0.6) is 0 Å². The van der Waals surface area contributed by atoms with Crippen molar-refractivity contribution < 1.29 is 9.47 Å². The number of benzene rings is 1. The van der Waals surface area contributed by atoms with Gasteiger partial charge in [0, 0.05) is 25.6 Å². The molecule has 2 aliphatic rings. The Labute approximate surface area is 102 Å². The summed E-state index contributed by atoms with van der Waals surface area (Å²) in [7, 11) is 0. The van der Waals surface area contributed by atoms with Crippen LogP contribution >= 0.6 is 0 Å². The summed E-state index contributed by atoms with van der Waals surface area (Å²) in [5.74, 6) is 0.592. The minimum absolute atomic E-state index is 0.220. The molecule has 92 valence electrons. The summed E-state index contributed by atoms with van der Waals surface area (Å²) < 4.78 is 11.2. The average Bonchev–Trinajstić information content (AvgIpc) is 2.94. The summed E-state index contributed by atoms with van der Waals surface area (Å²) in [6.07, 6.45) is 1.37. The maximum atomic E-state index is 5.74. The first-order chi connectivity index (χ1) is 8.43. The molecule has 0 aromatic heterocycles. The van der Waals surface area contributed by atoms with Crippen molar-refractivity contribution in [2.45, 2.75) is 18.4 Å².